The summed E-state index contributed by atoms with van der Waals surface area (Å²) in [6.07, 6.45) is 36.5. The summed E-state index contributed by atoms with van der Waals surface area (Å²) in [6, 6.07) is 0. The summed E-state index contributed by atoms with van der Waals surface area (Å²) in [7, 11) is 0. The maximum atomic E-state index is 12.4. The minimum absolute atomic E-state index is 0.463. The molecule has 0 saturated carbocycles. The van der Waals surface area contributed by atoms with Gasteiger partial charge in [-0.2, -0.15) is 0 Å². The molecule has 0 rings (SSSR count). The molecule has 50 heavy (non-hydrogen) atoms. The molecule has 0 aromatic heterocycles. The third-order valence-corrected chi connectivity index (χ3v) is 11.0. The van der Waals surface area contributed by atoms with Crippen molar-refractivity contribution in [2.75, 3.05) is 0 Å². The summed E-state index contributed by atoms with van der Waals surface area (Å²) < 4.78 is 0. The van der Waals surface area contributed by atoms with Crippen molar-refractivity contribution in [3.63, 3.8) is 0 Å². The number of hydrogen-bond acceptors (Lipinski definition) is 2. The molecule has 0 bridgehead atoms. The average molecular weight is 709 g/mol. The quantitative estimate of drug-likeness (QED) is 0.0643. The first kappa shape index (κ1) is 51.0. The molecule has 2 N–H and O–H groups in total. The number of aliphatic carboxylic acids is 2. The lowest BCUT2D eigenvalue weighted by Gasteiger charge is -2.30. The topological polar surface area (TPSA) is 74.6 Å². The Balaban J connectivity index is 0. The van der Waals surface area contributed by atoms with Gasteiger partial charge < -0.3 is 10.2 Å². The normalized spacial score (nSPS) is 13.1. The number of rotatable bonds is 35. The van der Waals surface area contributed by atoms with Gasteiger partial charge in [0.05, 0.1) is 10.8 Å². The van der Waals surface area contributed by atoms with Crippen LogP contribution in [0.1, 0.15) is 255 Å². The van der Waals surface area contributed by atoms with Gasteiger partial charge in [-0.1, -0.05) is 215 Å². The van der Waals surface area contributed by atoms with Gasteiger partial charge >= 0.3 is 11.9 Å². The first-order valence-corrected chi connectivity index (χ1v) is 22.2. The van der Waals surface area contributed by atoms with E-state index in [1.165, 1.54) is 141 Å². The monoisotopic (exact) mass is 709 g/mol. The molecule has 0 aliphatic rings. The molecule has 0 aromatic carbocycles. The predicted molar refractivity (Wildman–Crippen MR) is 220 cm³/mol. The van der Waals surface area contributed by atoms with Crippen molar-refractivity contribution in [2.45, 2.75) is 255 Å². The van der Waals surface area contributed by atoms with E-state index in [0.29, 0.717) is 0 Å². The van der Waals surface area contributed by atoms with Crippen LogP contribution in [-0.2, 0) is 9.59 Å². The lowest BCUT2D eigenvalue weighted by atomic mass is 9.74. The number of hydrogen-bond donors (Lipinski definition) is 2. The van der Waals surface area contributed by atoms with Gasteiger partial charge in [-0.05, 0) is 57.3 Å². The Morgan fingerprint density at radius 3 is 0.980 bits per heavy atom. The maximum absolute atomic E-state index is 12.4. The number of unbranched alkanes of at least 4 members (excludes halogenated alkanes) is 19. The van der Waals surface area contributed by atoms with Gasteiger partial charge in [-0.3, -0.25) is 9.59 Å². The van der Waals surface area contributed by atoms with Crippen LogP contribution in [0, 0.1) is 28.6 Å². The average Bonchev–Trinajstić information content (AvgIpc) is 3.04. The van der Waals surface area contributed by atoms with Crippen LogP contribution < -0.4 is 0 Å². The minimum atomic E-state index is -0.669. The van der Waals surface area contributed by atoms with Gasteiger partial charge in [0.15, 0.2) is 0 Å². The van der Waals surface area contributed by atoms with Gasteiger partial charge in [-0.15, -0.1) is 0 Å². The first-order valence-electron chi connectivity index (χ1n) is 22.2. The lowest BCUT2D eigenvalue weighted by molar-refractivity contribution is -0.151. The van der Waals surface area contributed by atoms with Crippen LogP contribution in [0.15, 0.2) is 0 Å². The Hall–Kier alpha value is -1.06. The molecular weight excluding hydrogens is 617 g/mol. The van der Waals surface area contributed by atoms with Crippen molar-refractivity contribution in [3.05, 3.63) is 0 Å². The van der Waals surface area contributed by atoms with Crippen LogP contribution in [0.3, 0.4) is 0 Å². The Kier molecular flexibility index (Phi) is 34.5. The lowest BCUT2D eigenvalue weighted by Crippen LogP contribution is -2.31. The molecule has 0 aliphatic heterocycles. The molecular formula is C46H92O4. The minimum Gasteiger partial charge on any atom is -0.481 e. The van der Waals surface area contributed by atoms with Crippen LogP contribution in [0.25, 0.3) is 0 Å². The van der Waals surface area contributed by atoms with E-state index in [2.05, 4.69) is 48.5 Å². The van der Waals surface area contributed by atoms with E-state index in [-0.39, 0.29) is 0 Å². The van der Waals surface area contributed by atoms with Crippen molar-refractivity contribution in [2.24, 2.45) is 28.6 Å². The van der Waals surface area contributed by atoms with E-state index in [4.69, 9.17) is 5.11 Å². The fourth-order valence-corrected chi connectivity index (χ4v) is 7.14. The second-order valence-electron chi connectivity index (χ2n) is 18.1. The summed E-state index contributed by atoms with van der Waals surface area (Å²) in [4.78, 5) is 23.3. The zero-order valence-electron chi connectivity index (χ0n) is 35.7. The van der Waals surface area contributed by atoms with Gasteiger partial charge in [0, 0.05) is 0 Å². The largest absolute Gasteiger partial charge is 0.481 e. The molecule has 1 atom stereocenters. The third kappa shape index (κ3) is 32.8. The molecule has 300 valence electrons. The fraction of sp³-hybridized carbons (Fsp3) is 0.957. The molecule has 0 amide bonds. The second-order valence-corrected chi connectivity index (χ2v) is 18.1. The smallest absolute Gasteiger partial charge is 0.309 e. The van der Waals surface area contributed by atoms with Gasteiger partial charge in [0.1, 0.15) is 0 Å². The Labute approximate surface area is 314 Å². The second kappa shape index (κ2) is 33.8. The van der Waals surface area contributed by atoms with Gasteiger partial charge in [-0.25, -0.2) is 0 Å². The highest BCUT2D eigenvalue weighted by Gasteiger charge is 2.36. The molecule has 4 nitrogen and oxygen atoms in total. The SMILES string of the molecule is CC(C)CCCCCCCCCCC(C)(C)C(=O)O.CCCCCCCCCCCCC(CCCCCC(C)C)(CCCCC(C)C)C(=O)O. The van der Waals surface area contributed by atoms with E-state index in [9.17, 15) is 14.7 Å². The van der Waals surface area contributed by atoms with E-state index >= 15 is 0 Å². The summed E-state index contributed by atoms with van der Waals surface area (Å²) in [5, 5.41) is 19.2. The first-order chi connectivity index (χ1) is 23.7. The van der Waals surface area contributed by atoms with E-state index in [1.807, 2.05) is 13.8 Å². The Bertz CT molecular complexity index is 755. The van der Waals surface area contributed by atoms with Crippen LogP contribution in [0.2, 0.25) is 0 Å². The van der Waals surface area contributed by atoms with Gasteiger partial charge in [0.25, 0.3) is 0 Å². The summed E-state index contributed by atoms with van der Waals surface area (Å²) >= 11 is 0. The molecule has 0 fully saturated rings. The van der Waals surface area contributed by atoms with Crippen molar-refractivity contribution in [1.29, 1.82) is 0 Å². The standard InChI is InChI=1S/C29H58O2.C17H34O2/c1-6-7-8-9-10-11-12-13-14-18-23-29(28(30)31,25-20-17-22-27(4)5)24-19-15-16-21-26(2)3;1-15(2)13-11-9-7-5-6-8-10-12-14-17(3,4)16(18)19/h26-27H,6-25H2,1-5H3,(H,30,31);15H,5-14H2,1-4H3,(H,18,19). The molecule has 0 aromatic rings. The number of carboxylic acid groups (broad SMARTS) is 2. The van der Waals surface area contributed by atoms with Crippen molar-refractivity contribution in [3.8, 4) is 0 Å². The van der Waals surface area contributed by atoms with Gasteiger partial charge in [0.2, 0.25) is 0 Å². The Morgan fingerprint density at radius 1 is 0.400 bits per heavy atom. The van der Waals surface area contributed by atoms with Crippen molar-refractivity contribution < 1.29 is 19.8 Å². The highest BCUT2D eigenvalue weighted by molar-refractivity contribution is 5.74. The fourth-order valence-electron chi connectivity index (χ4n) is 7.14. The number of carbonyl (C=O) groups is 2. The van der Waals surface area contributed by atoms with Crippen LogP contribution in [-0.4, -0.2) is 22.2 Å². The van der Waals surface area contributed by atoms with Crippen LogP contribution in [0.4, 0.5) is 0 Å². The molecule has 1 unspecified atom stereocenters. The zero-order valence-corrected chi connectivity index (χ0v) is 35.7. The zero-order chi connectivity index (χ0) is 38.1. The molecule has 0 heterocycles. The van der Waals surface area contributed by atoms with E-state index in [1.54, 1.807) is 0 Å². The summed E-state index contributed by atoms with van der Waals surface area (Å²) in [5.74, 6) is 1.14. The van der Waals surface area contributed by atoms with E-state index in [0.717, 1.165) is 69.1 Å². The highest BCUT2D eigenvalue weighted by Crippen LogP contribution is 2.38. The summed E-state index contributed by atoms with van der Waals surface area (Å²) in [5.41, 5.74) is -1.01. The predicted octanol–water partition coefficient (Wildman–Crippen LogP) is 15.8. The van der Waals surface area contributed by atoms with Crippen LogP contribution >= 0.6 is 0 Å². The molecule has 0 saturated heterocycles. The molecule has 0 aliphatic carbocycles. The maximum Gasteiger partial charge on any atom is 0.309 e. The highest BCUT2D eigenvalue weighted by atomic mass is 16.4. The molecule has 4 heteroatoms. The van der Waals surface area contributed by atoms with Crippen molar-refractivity contribution >= 4 is 11.9 Å². The summed E-state index contributed by atoms with van der Waals surface area (Å²) in [6.45, 7) is 19.6. The van der Waals surface area contributed by atoms with Crippen LogP contribution in [0.5, 0.6) is 0 Å². The molecule has 0 radical (unpaired) electrons. The number of carboxylic acids is 2. The Morgan fingerprint density at radius 2 is 0.660 bits per heavy atom. The third-order valence-electron chi connectivity index (χ3n) is 11.0. The van der Waals surface area contributed by atoms with Crippen molar-refractivity contribution in [1.82, 2.24) is 0 Å². The van der Waals surface area contributed by atoms with E-state index < -0.39 is 22.8 Å². The molecule has 0 spiro atoms.